The van der Waals surface area contributed by atoms with Gasteiger partial charge in [0.25, 0.3) is 0 Å². The highest BCUT2D eigenvalue weighted by molar-refractivity contribution is 5.68. The summed E-state index contributed by atoms with van der Waals surface area (Å²) < 4.78 is 0. The van der Waals surface area contributed by atoms with Crippen LogP contribution in [-0.2, 0) is 6.54 Å². The predicted molar refractivity (Wildman–Crippen MR) is 115 cm³/mol. The van der Waals surface area contributed by atoms with Gasteiger partial charge < -0.3 is 9.80 Å². The Hall–Kier alpha value is -3.00. The van der Waals surface area contributed by atoms with Crippen LogP contribution in [0.5, 0.6) is 0 Å². The highest BCUT2D eigenvalue weighted by atomic mass is 15.1. The molecule has 0 bridgehead atoms. The molecule has 0 amide bonds. The molecular formula is C24H26N2. The summed E-state index contributed by atoms with van der Waals surface area (Å²) in [5.74, 6) is 0. The second-order valence-corrected chi connectivity index (χ2v) is 6.79. The van der Waals surface area contributed by atoms with Crippen molar-refractivity contribution in [1.82, 2.24) is 0 Å². The Morgan fingerprint density at radius 2 is 1.19 bits per heavy atom. The molecule has 132 valence electrons. The van der Waals surface area contributed by atoms with Gasteiger partial charge in [0.05, 0.1) is 0 Å². The topological polar surface area (TPSA) is 6.48 Å². The maximum Gasteiger partial charge on any atom is 0.0426 e. The summed E-state index contributed by atoms with van der Waals surface area (Å²) in [5, 5.41) is 0. The predicted octanol–water partition coefficient (Wildman–Crippen LogP) is 5.70. The van der Waals surface area contributed by atoms with Gasteiger partial charge in [-0.15, -0.1) is 0 Å². The molecule has 3 aromatic rings. The Bertz CT molecular complexity index is 844. The zero-order chi connectivity index (χ0) is 18.5. The SMILES string of the molecule is C=Cc1ccc(CN(C)c2ccc(-c3ccc(N(C)C)cc3)cc2)cc1. The molecule has 0 saturated carbocycles. The third kappa shape index (κ3) is 4.15. The normalized spacial score (nSPS) is 10.4. The van der Waals surface area contributed by atoms with Crippen LogP contribution in [0.2, 0.25) is 0 Å². The summed E-state index contributed by atoms with van der Waals surface area (Å²) in [6, 6.07) is 26.0. The van der Waals surface area contributed by atoms with Gasteiger partial charge in [-0.3, -0.25) is 0 Å². The van der Waals surface area contributed by atoms with E-state index >= 15 is 0 Å². The van der Waals surface area contributed by atoms with Crippen LogP contribution in [0.1, 0.15) is 11.1 Å². The van der Waals surface area contributed by atoms with Gasteiger partial charge in [0.2, 0.25) is 0 Å². The van der Waals surface area contributed by atoms with Crippen molar-refractivity contribution < 1.29 is 0 Å². The van der Waals surface area contributed by atoms with Crippen LogP contribution in [-0.4, -0.2) is 21.1 Å². The minimum absolute atomic E-state index is 0.883. The van der Waals surface area contributed by atoms with Crippen molar-refractivity contribution >= 4 is 17.5 Å². The fourth-order valence-corrected chi connectivity index (χ4v) is 2.98. The first-order valence-electron chi connectivity index (χ1n) is 8.87. The number of nitrogens with zero attached hydrogens (tertiary/aromatic N) is 2. The smallest absolute Gasteiger partial charge is 0.0426 e. The molecule has 0 aliphatic heterocycles. The molecule has 0 fully saturated rings. The average molecular weight is 342 g/mol. The maximum atomic E-state index is 3.80. The second kappa shape index (κ2) is 7.92. The van der Waals surface area contributed by atoms with E-state index in [2.05, 4.69) is 110 Å². The zero-order valence-corrected chi connectivity index (χ0v) is 15.8. The Balaban J connectivity index is 1.70. The van der Waals surface area contributed by atoms with Gasteiger partial charge in [0.15, 0.2) is 0 Å². The lowest BCUT2D eigenvalue weighted by atomic mass is 10.0. The van der Waals surface area contributed by atoms with Crippen molar-refractivity contribution in [2.75, 3.05) is 30.9 Å². The molecule has 0 aromatic heterocycles. The van der Waals surface area contributed by atoms with E-state index in [1.807, 2.05) is 6.08 Å². The van der Waals surface area contributed by atoms with Crippen LogP contribution in [0.15, 0.2) is 79.4 Å². The first-order chi connectivity index (χ1) is 12.6. The molecule has 3 rings (SSSR count). The van der Waals surface area contributed by atoms with Crippen molar-refractivity contribution in [2.24, 2.45) is 0 Å². The van der Waals surface area contributed by atoms with E-state index in [0.717, 1.165) is 12.1 Å². The molecule has 2 heteroatoms. The largest absolute Gasteiger partial charge is 0.378 e. The monoisotopic (exact) mass is 342 g/mol. The van der Waals surface area contributed by atoms with Crippen LogP contribution in [0, 0.1) is 0 Å². The highest BCUT2D eigenvalue weighted by Gasteiger charge is 2.04. The molecule has 0 unspecified atom stereocenters. The zero-order valence-electron chi connectivity index (χ0n) is 15.8. The standard InChI is InChI=1S/C24H26N2/c1-5-19-6-8-20(9-7-19)18-26(4)24-16-12-22(13-17-24)21-10-14-23(15-11-21)25(2)3/h5-17H,1,18H2,2-4H3. The van der Waals surface area contributed by atoms with Crippen LogP contribution >= 0.6 is 0 Å². The van der Waals surface area contributed by atoms with E-state index in [-0.39, 0.29) is 0 Å². The van der Waals surface area contributed by atoms with Crippen LogP contribution in [0.4, 0.5) is 11.4 Å². The minimum Gasteiger partial charge on any atom is -0.378 e. The van der Waals surface area contributed by atoms with E-state index in [0.29, 0.717) is 0 Å². The van der Waals surface area contributed by atoms with Gasteiger partial charge in [-0.1, -0.05) is 61.2 Å². The lowest BCUT2D eigenvalue weighted by Gasteiger charge is -2.20. The fraction of sp³-hybridized carbons (Fsp3) is 0.167. The van der Waals surface area contributed by atoms with Gasteiger partial charge >= 0.3 is 0 Å². The molecule has 0 N–H and O–H groups in total. The lowest BCUT2D eigenvalue weighted by molar-refractivity contribution is 0.923. The number of hydrogen-bond donors (Lipinski definition) is 0. The van der Waals surface area contributed by atoms with E-state index in [4.69, 9.17) is 0 Å². The molecule has 0 aliphatic rings. The van der Waals surface area contributed by atoms with E-state index < -0.39 is 0 Å². The van der Waals surface area contributed by atoms with Crippen LogP contribution in [0.3, 0.4) is 0 Å². The van der Waals surface area contributed by atoms with Gasteiger partial charge in [0, 0.05) is 39.1 Å². The quantitative estimate of drug-likeness (QED) is 0.567. The van der Waals surface area contributed by atoms with Crippen LogP contribution < -0.4 is 9.80 Å². The first kappa shape index (κ1) is 17.8. The van der Waals surface area contributed by atoms with Crippen molar-refractivity contribution in [3.05, 3.63) is 90.5 Å². The van der Waals surface area contributed by atoms with Crippen molar-refractivity contribution in [1.29, 1.82) is 0 Å². The molecule has 26 heavy (non-hydrogen) atoms. The maximum absolute atomic E-state index is 3.80. The number of hydrogen-bond acceptors (Lipinski definition) is 2. The van der Waals surface area contributed by atoms with Gasteiger partial charge in [-0.25, -0.2) is 0 Å². The van der Waals surface area contributed by atoms with E-state index in [1.54, 1.807) is 0 Å². The molecule has 2 nitrogen and oxygen atoms in total. The van der Waals surface area contributed by atoms with E-state index in [9.17, 15) is 0 Å². The molecule has 0 heterocycles. The second-order valence-electron chi connectivity index (χ2n) is 6.79. The Morgan fingerprint density at radius 1 is 0.692 bits per heavy atom. The number of rotatable bonds is 6. The van der Waals surface area contributed by atoms with E-state index in [1.165, 1.54) is 28.1 Å². The summed E-state index contributed by atoms with van der Waals surface area (Å²) in [7, 11) is 6.25. The highest BCUT2D eigenvalue weighted by Crippen LogP contribution is 2.25. The van der Waals surface area contributed by atoms with Gasteiger partial charge in [-0.2, -0.15) is 0 Å². The summed E-state index contributed by atoms with van der Waals surface area (Å²) >= 11 is 0. The Labute approximate surface area is 157 Å². The lowest BCUT2D eigenvalue weighted by Crippen LogP contribution is -2.16. The third-order valence-electron chi connectivity index (χ3n) is 4.66. The van der Waals surface area contributed by atoms with Gasteiger partial charge in [-0.05, 0) is 46.5 Å². The molecule has 0 spiro atoms. The Kier molecular flexibility index (Phi) is 5.43. The summed E-state index contributed by atoms with van der Waals surface area (Å²) in [5.41, 5.74) is 7.36. The van der Waals surface area contributed by atoms with Crippen molar-refractivity contribution in [3.63, 3.8) is 0 Å². The van der Waals surface area contributed by atoms with Crippen LogP contribution in [0.25, 0.3) is 17.2 Å². The van der Waals surface area contributed by atoms with Crippen molar-refractivity contribution in [3.8, 4) is 11.1 Å². The fourth-order valence-electron chi connectivity index (χ4n) is 2.98. The number of benzene rings is 3. The summed E-state index contributed by atoms with van der Waals surface area (Å²) in [6.07, 6.45) is 1.87. The average Bonchev–Trinajstić information content (AvgIpc) is 2.69. The molecule has 3 aromatic carbocycles. The molecule has 0 saturated heterocycles. The summed E-state index contributed by atoms with van der Waals surface area (Å²) in [6.45, 7) is 4.69. The Morgan fingerprint density at radius 3 is 1.65 bits per heavy atom. The number of anilines is 2. The van der Waals surface area contributed by atoms with Crippen molar-refractivity contribution in [2.45, 2.75) is 6.54 Å². The van der Waals surface area contributed by atoms with Gasteiger partial charge in [0.1, 0.15) is 0 Å². The third-order valence-corrected chi connectivity index (χ3v) is 4.66. The molecular weight excluding hydrogens is 316 g/mol. The molecule has 0 radical (unpaired) electrons. The summed E-state index contributed by atoms with van der Waals surface area (Å²) in [4.78, 5) is 4.38. The molecule has 0 aliphatic carbocycles. The molecule has 0 atom stereocenters. The first-order valence-corrected chi connectivity index (χ1v) is 8.87. The minimum atomic E-state index is 0.883.